The molecule has 0 saturated carbocycles. The van der Waals surface area contributed by atoms with Crippen molar-refractivity contribution in [1.29, 1.82) is 0 Å². The summed E-state index contributed by atoms with van der Waals surface area (Å²) in [4.78, 5) is 24.0. The lowest BCUT2D eigenvalue weighted by molar-refractivity contribution is -0.136. The Balaban J connectivity index is 1.95. The van der Waals surface area contributed by atoms with Gasteiger partial charge < -0.3 is 10.6 Å². The number of aryl methyl sites for hydroxylation is 1. The van der Waals surface area contributed by atoms with Gasteiger partial charge in [-0.1, -0.05) is 30.3 Å². The summed E-state index contributed by atoms with van der Waals surface area (Å²) in [6.07, 6.45) is 0. The van der Waals surface area contributed by atoms with Crippen molar-refractivity contribution in [3.05, 3.63) is 59.7 Å². The van der Waals surface area contributed by atoms with Crippen LogP contribution < -0.4 is 10.6 Å². The average Bonchev–Trinajstić information content (AvgIpc) is 2.61. The highest BCUT2D eigenvalue weighted by Crippen LogP contribution is 2.14. The quantitative estimate of drug-likeness (QED) is 0.774. The van der Waals surface area contributed by atoms with Crippen LogP contribution in [0.1, 0.15) is 11.1 Å². The number of rotatable bonds is 5. The molecular formula is C18H21N3O4S. The topological polar surface area (TPSA) is 95.6 Å². The number of para-hydroxylation sites is 1. The number of hydrogen-bond acceptors (Lipinski definition) is 4. The minimum Gasteiger partial charge on any atom is -0.344 e. The molecule has 0 unspecified atom stereocenters. The molecule has 2 amide bonds. The molecule has 0 aliphatic rings. The second-order valence-corrected chi connectivity index (χ2v) is 8.03. The number of sulfonamides is 1. The minimum atomic E-state index is -3.50. The van der Waals surface area contributed by atoms with Crippen LogP contribution in [-0.2, 0) is 26.2 Å². The zero-order valence-corrected chi connectivity index (χ0v) is 15.6. The van der Waals surface area contributed by atoms with E-state index in [2.05, 4.69) is 10.6 Å². The number of amides is 2. The Morgan fingerprint density at radius 1 is 0.962 bits per heavy atom. The van der Waals surface area contributed by atoms with Gasteiger partial charge in [0.15, 0.2) is 0 Å². The highest BCUT2D eigenvalue weighted by atomic mass is 32.2. The van der Waals surface area contributed by atoms with Gasteiger partial charge in [-0.05, 0) is 36.2 Å². The van der Waals surface area contributed by atoms with Gasteiger partial charge in [-0.15, -0.1) is 0 Å². The molecule has 0 aliphatic heterocycles. The second kappa shape index (κ2) is 8.11. The lowest BCUT2D eigenvalue weighted by atomic mass is 10.2. The summed E-state index contributed by atoms with van der Waals surface area (Å²) < 4.78 is 25.1. The summed E-state index contributed by atoms with van der Waals surface area (Å²) in [7, 11) is -0.585. The van der Waals surface area contributed by atoms with E-state index in [0.29, 0.717) is 11.3 Å². The van der Waals surface area contributed by atoms with E-state index < -0.39 is 21.8 Å². The number of carbonyl (C=O) groups excluding carboxylic acids is 2. The van der Waals surface area contributed by atoms with E-state index in [1.807, 2.05) is 19.1 Å². The van der Waals surface area contributed by atoms with E-state index in [-0.39, 0.29) is 11.4 Å². The normalized spacial score (nSPS) is 11.2. The third-order valence-corrected chi connectivity index (χ3v) is 5.58. The maximum absolute atomic E-state index is 12.0. The van der Waals surface area contributed by atoms with Crippen LogP contribution in [0.3, 0.4) is 0 Å². The number of nitrogens with zero attached hydrogens (tertiary/aromatic N) is 1. The van der Waals surface area contributed by atoms with Gasteiger partial charge in [-0.2, -0.15) is 0 Å². The van der Waals surface area contributed by atoms with Crippen LogP contribution in [0.5, 0.6) is 0 Å². The van der Waals surface area contributed by atoms with Crippen molar-refractivity contribution in [2.75, 3.05) is 19.4 Å². The van der Waals surface area contributed by atoms with E-state index in [0.717, 1.165) is 9.87 Å². The van der Waals surface area contributed by atoms with Crippen LogP contribution in [0, 0.1) is 6.92 Å². The predicted molar refractivity (Wildman–Crippen MR) is 99.0 cm³/mol. The molecule has 0 bridgehead atoms. The van der Waals surface area contributed by atoms with Gasteiger partial charge in [0.1, 0.15) is 0 Å². The fourth-order valence-corrected chi connectivity index (χ4v) is 3.05. The number of hydrogen-bond donors (Lipinski definition) is 2. The molecule has 7 nitrogen and oxygen atoms in total. The summed E-state index contributed by atoms with van der Waals surface area (Å²) >= 11 is 0. The van der Waals surface area contributed by atoms with Crippen LogP contribution in [-0.4, -0.2) is 38.6 Å². The van der Waals surface area contributed by atoms with Crippen molar-refractivity contribution in [3.63, 3.8) is 0 Å². The van der Waals surface area contributed by atoms with Crippen LogP contribution in [0.2, 0.25) is 0 Å². The van der Waals surface area contributed by atoms with Crippen molar-refractivity contribution in [1.82, 2.24) is 9.62 Å². The van der Waals surface area contributed by atoms with Crippen LogP contribution in [0.4, 0.5) is 5.69 Å². The van der Waals surface area contributed by atoms with Gasteiger partial charge in [-0.25, -0.2) is 12.7 Å². The van der Waals surface area contributed by atoms with E-state index in [9.17, 15) is 18.0 Å². The van der Waals surface area contributed by atoms with Crippen molar-refractivity contribution in [2.45, 2.75) is 18.4 Å². The predicted octanol–water partition coefficient (Wildman–Crippen LogP) is 1.50. The first kappa shape index (κ1) is 19.6. The molecule has 0 aromatic heterocycles. The first-order valence-corrected chi connectivity index (χ1v) is 9.32. The maximum Gasteiger partial charge on any atom is 0.313 e. The molecular weight excluding hydrogens is 354 g/mol. The van der Waals surface area contributed by atoms with Gasteiger partial charge >= 0.3 is 11.8 Å². The standard InChI is InChI=1S/C18H21N3O4S/c1-13-6-4-5-7-16(13)20-18(23)17(22)19-12-14-8-10-15(11-9-14)26(24,25)21(2)3/h4-11H,12H2,1-3H3,(H,19,22)(H,20,23). The summed E-state index contributed by atoms with van der Waals surface area (Å²) in [5.41, 5.74) is 2.11. The number of nitrogens with one attached hydrogen (secondary N) is 2. The fourth-order valence-electron chi connectivity index (χ4n) is 2.14. The first-order valence-electron chi connectivity index (χ1n) is 7.88. The molecule has 0 saturated heterocycles. The molecule has 2 rings (SSSR count). The smallest absolute Gasteiger partial charge is 0.313 e. The first-order chi connectivity index (χ1) is 12.2. The lowest BCUT2D eigenvalue weighted by Gasteiger charge is -2.12. The number of anilines is 1. The third-order valence-electron chi connectivity index (χ3n) is 3.75. The zero-order chi connectivity index (χ0) is 19.3. The van der Waals surface area contributed by atoms with Crippen LogP contribution >= 0.6 is 0 Å². The van der Waals surface area contributed by atoms with Crippen LogP contribution in [0.25, 0.3) is 0 Å². The summed E-state index contributed by atoms with van der Waals surface area (Å²) in [5.74, 6) is -1.52. The van der Waals surface area contributed by atoms with Gasteiger partial charge in [0.25, 0.3) is 0 Å². The minimum absolute atomic E-state index is 0.113. The molecule has 0 atom stereocenters. The molecule has 8 heteroatoms. The highest BCUT2D eigenvalue weighted by Gasteiger charge is 2.17. The molecule has 2 aromatic rings. The molecule has 2 aromatic carbocycles. The Kier molecular flexibility index (Phi) is 6.12. The number of carbonyl (C=O) groups is 2. The Morgan fingerprint density at radius 3 is 2.15 bits per heavy atom. The summed E-state index contributed by atoms with van der Waals surface area (Å²) in [6, 6.07) is 13.3. The van der Waals surface area contributed by atoms with E-state index in [1.165, 1.54) is 26.2 Å². The molecule has 138 valence electrons. The lowest BCUT2D eigenvalue weighted by Crippen LogP contribution is -2.35. The largest absolute Gasteiger partial charge is 0.344 e. The maximum atomic E-state index is 12.0. The van der Waals surface area contributed by atoms with Gasteiger partial charge in [0.05, 0.1) is 4.90 Å². The molecule has 0 spiro atoms. The Morgan fingerprint density at radius 2 is 1.58 bits per heavy atom. The Bertz CT molecular complexity index is 906. The molecule has 0 heterocycles. The number of benzene rings is 2. The molecule has 0 fully saturated rings. The Labute approximate surface area is 153 Å². The molecule has 2 N–H and O–H groups in total. The van der Waals surface area contributed by atoms with Crippen molar-refractivity contribution < 1.29 is 18.0 Å². The fraction of sp³-hybridized carbons (Fsp3) is 0.222. The molecule has 0 aliphatic carbocycles. The van der Waals surface area contributed by atoms with Crippen LogP contribution in [0.15, 0.2) is 53.4 Å². The zero-order valence-electron chi connectivity index (χ0n) is 14.8. The molecule has 26 heavy (non-hydrogen) atoms. The Hall–Kier alpha value is -2.71. The van der Waals surface area contributed by atoms with E-state index >= 15 is 0 Å². The van der Waals surface area contributed by atoms with Crippen molar-refractivity contribution in [3.8, 4) is 0 Å². The van der Waals surface area contributed by atoms with E-state index in [1.54, 1.807) is 24.3 Å². The van der Waals surface area contributed by atoms with Gasteiger partial charge in [-0.3, -0.25) is 9.59 Å². The SMILES string of the molecule is Cc1ccccc1NC(=O)C(=O)NCc1ccc(S(=O)(=O)N(C)C)cc1. The van der Waals surface area contributed by atoms with E-state index in [4.69, 9.17) is 0 Å². The summed E-state index contributed by atoms with van der Waals surface area (Å²) in [5, 5.41) is 5.06. The average molecular weight is 375 g/mol. The van der Waals surface area contributed by atoms with Crippen molar-refractivity contribution >= 4 is 27.5 Å². The van der Waals surface area contributed by atoms with Crippen molar-refractivity contribution in [2.24, 2.45) is 0 Å². The third kappa shape index (κ3) is 4.68. The molecule has 0 radical (unpaired) electrons. The summed E-state index contributed by atoms with van der Waals surface area (Å²) in [6.45, 7) is 1.94. The highest BCUT2D eigenvalue weighted by molar-refractivity contribution is 7.89. The second-order valence-electron chi connectivity index (χ2n) is 5.88. The van der Waals surface area contributed by atoms with Gasteiger partial charge in [0.2, 0.25) is 10.0 Å². The monoisotopic (exact) mass is 375 g/mol. The van der Waals surface area contributed by atoms with Gasteiger partial charge in [0, 0.05) is 26.3 Å².